The number of hydrogen-bond acceptors (Lipinski definition) is 5. The highest BCUT2D eigenvalue weighted by Gasteiger charge is 2.23. The summed E-state index contributed by atoms with van der Waals surface area (Å²) in [6.45, 7) is 3.37. The van der Waals surface area contributed by atoms with E-state index in [2.05, 4.69) is 5.32 Å². The molecule has 0 aliphatic heterocycles. The fourth-order valence-corrected chi connectivity index (χ4v) is 4.14. The molecule has 1 unspecified atom stereocenters. The molecule has 7 nitrogen and oxygen atoms in total. The second-order valence-electron chi connectivity index (χ2n) is 7.24. The summed E-state index contributed by atoms with van der Waals surface area (Å²) < 4.78 is 32.1. The van der Waals surface area contributed by atoms with Crippen LogP contribution < -0.4 is 9.62 Å². The summed E-state index contributed by atoms with van der Waals surface area (Å²) in [6.07, 6.45) is -1.03. The molecule has 0 aliphatic rings. The van der Waals surface area contributed by atoms with Crippen LogP contribution in [0.1, 0.15) is 22.8 Å². The number of benzene rings is 3. The first-order valence-electron chi connectivity index (χ1n) is 9.91. The van der Waals surface area contributed by atoms with Crippen molar-refractivity contribution in [1.29, 1.82) is 0 Å². The van der Waals surface area contributed by atoms with Crippen LogP contribution in [0.5, 0.6) is 0 Å². The van der Waals surface area contributed by atoms with Crippen LogP contribution in [0, 0.1) is 6.92 Å². The van der Waals surface area contributed by atoms with E-state index < -0.39 is 28.0 Å². The van der Waals surface area contributed by atoms with Gasteiger partial charge in [-0.1, -0.05) is 30.3 Å². The predicted molar refractivity (Wildman–Crippen MR) is 123 cm³/mol. The quantitative estimate of drug-likeness (QED) is 0.547. The number of aryl methyl sites for hydroxylation is 1. The summed E-state index contributed by atoms with van der Waals surface area (Å²) in [7, 11) is -2.33. The molecule has 3 aromatic rings. The van der Waals surface area contributed by atoms with Crippen LogP contribution >= 0.6 is 0 Å². The number of anilines is 2. The highest BCUT2D eigenvalue weighted by molar-refractivity contribution is 7.92. The van der Waals surface area contributed by atoms with Gasteiger partial charge in [0.25, 0.3) is 15.9 Å². The second kappa shape index (κ2) is 9.65. The molecule has 1 N–H and O–H groups in total. The van der Waals surface area contributed by atoms with Gasteiger partial charge in [0.15, 0.2) is 6.10 Å². The number of esters is 1. The smallest absolute Gasteiger partial charge is 0.338 e. The van der Waals surface area contributed by atoms with Crippen LogP contribution in [-0.2, 0) is 19.6 Å². The van der Waals surface area contributed by atoms with Crippen molar-refractivity contribution in [1.82, 2.24) is 0 Å². The van der Waals surface area contributed by atoms with Crippen molar-refractivity contribution in [3.8, 4) is 0 Å². The summed E-state index contributed by atoms with van der Waals surface area (Å²) >= 11 is 0. The third-order valence-corrected chi connectivity index (χ3v) is 6.61. The fourth-order valence-electron chi connectivity index (χ4n) is 2.95. The van der Waals surface area contributed by atoms with Crippen molar-refractivity contribution in [2.24, 2.45) is 0 Å². The minimum absolute atomic E-state index is 0.0330. The van der Waals surface area contributed by atoms with Gasteiger partial charge in [-0.15, -0.1) is 0 Å². The lowest BCUT2D eigenvalue weighted by Crippen LogP contribution is -2.30. The average Bonchev–Trinajstić information content (AvgIpc) is 2.79. The Kier molecular flexibility index (Phi) is 6.95. The van der Waals surface area contributed by atoms with E-state index >= 15 is 0 Å². The number of nitrogens with one attached hydrogen (secondary N) is 1. The van der Waals surface area contributed by atoms with Gasteiger partial charge < -0.3 is 10.1 Å². The number of carbonyl (C=O) groups excluding carboxylic acids is 2. The van der Waals surface area contributed by atoms with Gasteiger partial charge in [0.1, 0.15) is 0 Å². The molecular weight excluding hydrogens is 428 g/mol. The Balaban J connectivity index is 1.66. The molecule has 32 heavy (non-hydrogen) atoms. The second-order valence-corrected chi connectivity index (χ2v) is 9.21. The number of amides is 1. The van der Waals surface area contributed by atoms with Gasteiger partial charge in [0.05, 0.1) is 16.1 Å². The molecule has 1 amide bonds. The van der Waals surface area contributed by atoms with E-state index in [0.29, 0.717) is 11.4 Å². The minimum Gasteiger partial charge on any atom is -0.449 e. The summed E-state index contributed by atoms with van der Waals surface area (Å²) in [5.41, 5.74) is 2.25. The van der Waals surface area contributed by atoms with Gasteiger partial charge in [0.2, 0.25) is 0 Å². The number of nitrogens with zero attached hydrogens (tertiary/aromatic N) is 1. The Morgan fingerprint density at radius 1 is 0.938 bits per heavy atom. The van der Waals surface area contributed by atoms with Crippen LogP contribution in [0.25, 0.3) is 0 Å². The first kappa shape index (κ1) is 23.0. The summed E-state index contributed by atoms with van der Waals surface area (Å²) in [4.78, 5) is 24.8. The lowest BCUT2D eigenvalue weighted by Gasteiger charge is -2.19. The molecule has 3 rings (SSSR count). The Morgan fingerprint density at radius 2 is 1.59 bits per heavy atom. The fraction of sp³-hybridized carbons (Fsp3) is 0.167. The maximum Gasteiger partial charge on any atom is 0.338 e. The largest absolute Gasteiger partial charge is 0.449 e. The van der Waals surface area contributed by atoms with Gasteiger partial charge in [-0.05, 0) is 67.9 Å². The zero-order chi connectivity index (χ0) is 23.3. The van der Waals surface area contributed by atoms with E-state index in [9.17, 15) is 18.0 Å². The molecular formula is C24H24N2O5S. The molecule has 0 spiro atoms. The molecule has 0 saturated carbocycles. The van der Waals surface area contributed by atoms with E-state index in [1.807, 2.05) is 19.1 Å². The Bertz CT molecular complexity index is 1210. The molecule has 8 heteroatoms. The highest BCUT2D eigenvalue weighted by Crippen LogP contribution is 2.22. The monoisotopic (exact) mass is 452 g/mol. The minimum atomic E-state index is -3.79. The SMILES string of the molecule is Cc1cccc(NC(=O)C(C)OC(=O)c2ccc(S(=O)(=O)N(C)c3ccccc3)cc2)c1. The Hall–Kier alpha value is -3.65. The molecule has 0 radical (unpaired) electrons. The van der Waals surface area contributed by atoms with E-state index in [1.165, 1.54) is 38.2 Å². The molecule has 166 valence electrons. The van der Waals surface area contributed by atoms with Crippen molar-refractivity contribution in [2.75, 3.05) is 16.7 Å². The Morgan fingerprint density at radius 3 is 2.22 bits per heavy atom. The maximum absolute atomic E-state index is 12.8. The van der Waals surface area contributed by atoms with Gasteiger partial charge >= 0.3 is 5.97 Å². The van der Waals surface area contributed by atoms with Crippen LogP contribution in [0.3, 0.4) is 0 Å². The zero-order valence-electron chi connectivity index (χ0n) is 18.0. The van der Waals surface area contributed by atoms with Crippen molar-refractivity contribution >= 4 is 33.3 Å². The zero-order valence-corrected chi connectivity index (χ0v) is 18.8. The third-order valence-electron chi connectivity index (χ3n) is 4.81. The number of hydrogen-bond donors (Lipinski definition) is 1. The lowest BCUT2D eigenvalue weighted by molar-refractivity contribution is -0.123. The highest BCUT2D eigenvalue weighted by atomic mass is 32.2. The van der Waals surface area contributed by atoms with Gasteiger partial charge in [0, 0.05) is 12.7 Å². The molecule has 0 aromatic heterocycles. The van der Waals surface area contributed by atoms with Crippen LogP contribution in [-0.4, -0.2) is 33.4 Å². The summed E-state index contributed by atoms with van der Waals surface area (Å²) in [5, 5.41) is 2.70. The summed E-state index contributed by atoms with van der Waals surface area (Å²) in [6, 6.07) is 21.3. The lowest BCUT2D eigenvalue weighted by atomic mass is 10.2. The van der Waals surface area contributed by atoms with E-state index in [1.54, 1.807) is 42.5 Å². The van der Waals surface area contributed by atoms with Crippen LogP contribution in [0.4, 0.5) is 11.4 Å². The number of ether oxygens (including phenoxy) is 1. The maximum atomic E-state index is 12.8. The average molecular weight is 453 g/mol. The predicted octanol–water partition coefficient (Wildman–Crippen LogP) is 4.00. The molecule has 0 heterocycles. The van der Waals surface area contributed by atoms with Gasteiger partial charge in [-0.2, -0.15) is 0 Å². The summed E-state index contributed by atoms with van der Waals surface area (Å²) in [5.74, 6) is -1.19. The van der Waals surface area contributed by atoms with E-state index in [0.717, 1.165) is 9.87 Å². The molecule has 1 atom stereocenters. The molecule has 0 bridgehead atoms. The normalized spacial score (nSPS) is 12.0. The van der Waals surface area contributed by atoms with Crippen LogP contribution in [0.15, 0.2) is 83.8 Å². The van der Waals surface area contributed by atoms with Gasteiger partial charge in [-0.3, -0.25) is 9.10 Å². The number of para-hydroxylation sites is 1. The first-order chi connectivity index (χ1) is 15.2. The van der Waals surface area contributed by atoms with Crippen molar-refractivity contribution < 1.29 is 22.7 Å². The van der Waals surface area contributed by atoms with Crippen molar-refractivity contribution in [2.45, 2.75) is 24.8 Å². The van der Waals surface area contributed by atoms with E-state index in [4.69, 9.17) is 4.74 Å². The van der Waals surface area contributed by atoms with E-state index in [-0.39, 0.29) is 10.5 Å². The number of sulfonamides is 1. The topological polar surface area (TPSA) is 92.8 Å². The number of carbonyl (C=O) groups is 2. The Labute approximate surface area is 187 Å². The molecule has 0 fully saturated rings. The molecule has 0 aliphatic carbocycles. The van der Waals surface area contributed by atoms with Crippen molar-refractivity contribution in [3.63, 3.8) is 0 Å². The standard InChI is InChI=1S/C24H24N2O5S/c1-17-8-7-9-20(16-17)25-23(27)18(2)31-24(28)19-12-14-22(15-13-19)32(29,30)26(3)21-10-5-4-6-11-21/h4-16,18H,1-3H3,(H,25,27). The third kappa shape index (κ3) is 5.33. The van der Waals surface area contributed by atoms with Crippen molar-refractivity contribution in [3.05, 3.63) is 90.0 Å². The molecule has 0 saturated heterocycles. The number of rotatable bonds is 7. The molecule has 3 aromatic carbocycles. The van der Waals surface area contributed by atoms with Crippen LogP contribution in [0.2, 0.25) is 0 Å². The first-order valence-corrected chi connectivity index (χ1v) is 11.3. The van der Waals surface area contributed by atoms with Gasteiger partial charge in [-0.25, -0.2) is 13.2 Å².